The number of ether oxygens (including phenoxy) is 1. The Morgan fingerprint density at radius 2 is 2.19 bits per heavy atom. The Bertz CT molecular complexity index is 518. The highest BCUT2D eigenvalue weighted by Crippen LogP contribution is 2.18. The second-order valence-corrected chi connectivity index (χ2v) is 5.15. The van der Waals surface area contributed by atoms with Crippen molar-refractivity contribution in [3.05, 3.63) is 29.8 Å². The number of amides is 2. The van der Waals surface area contributed by atoms with Crippen molar-refractivity contribution in [2.45, 2.75) is 12.8 Å². The van der Waals surface area contributed by atoms with Crippen LogP contribution in [0.4, 0.5) is 4.79 Å². The van der Waals surface area contributed by atoms with E-state index in [-0.39, 0.29) is 11.8 Å². The average molecular weight is 292 g/mol. The summed E-state index contributed by atoms with van der Waals surface area (Å²) in [5.41, 5.74) is 0.492. The number of hydrogen-bond acceptors (Lipinski definition) is 3. The van der Waals surface area contributed by atoms with Crippen molar-refractivity contribution in [2.75, 3.05) is 26.7 Å². The fourth-order valence-electron chi connectivity index (χ4n) is 2.57. The van der Waals surface area contributed by atoms with Gasteiger partial charge >= 0.3 is 6.09 Å². The lowest BCUT2D eigenvalue weighted by Gasteiger charge is -2.30. The highest BCUT2D eigenvalue weighted by molar-refractivity contribution is 5.96. The van der Waals surface area contributed by atoms with Gasteiger partial charge in [-0.25, -0.2) is 4.79 Å². The third-order valence-electron chi connectivity index (χ3n) is 3.69. The van der Waals surface area contributed by atoms with Crippen LogP contribution >= 0.6 is 0 Å². The Balaban J connectivity index is 1.90. The number of para-hydroxylation sites is 1. The van der Waals surface area contributed by atoms with E-state index in [1.807, 2.05) is 6.07 Å². The van der Waals surface area contributed by atoms with Gasteiger partial charge in [-0.3, -0.25) is 4.79 Å². The third kappa shape index (κ3) is 3.87. The number of nitrogens with zero attached hydrogens (tertiary/aromatic N) is 1. The molecule has 1 fully saturated rings. The standard InChI is InChI=1S/C15H20N2O4/c1-21-13-7-3-2-6-12(13)14(18)16-9-11-5-4-8-17(10-11)15(19)20/h2-3,6-7,11H,4-5,8-10H2,1H3,(H,16,18)(H,19,20). The number of carboxylic acid groups (broad SMARTS) is 1. The van der Waals surface area contributed by atoms with E-state index in [1.54, 1.807) is 18.2 Å². The minimum absolute atomic E-state index is 0.161. The minimum atomic E-state index is -0.893. The molecule has 6 nitrogen and oxygen atoms in total. The fraction of sp³-hybridized carbons (Fsp3) is 0.467. The number of benzene rings is 1. The third-order valence-corrected chi connectivity index (χ3v) is 3.69. The van der Waals surface area contributed by atoms with E-state index in [2.05, 4.69) is 5.32 Å². The summed E-state index contributed by atoms with van der Waals surface area (Å²) < 4.78 is 5.16. The highest BCUT2D eigenvalue weighted by atomic mass is 16.5. The molecule has 0 aromatic heterocycles. The lowest BCUT2D eigenvalue weighted by Crippen LogP contribution is -2.43. The zero-order valence-electron chi connectivity index (χ0n) is 12.0. The van der Waals surface area contributed by atoms with E-state index in [0.29, 0.717) is 30.9 Å². The van der Waals surface area contributed by atoms with E-state index in [0.717, 1.165) is 12.8 Å². The molecule has 1 heterocycles. The van der Waals surface area contributed by atoms with Crippen molar-refractivity contribution in [3.63, 3.8) is 0 Å². The van der Waals surface area contributed by atoms with Gasteiger partial charge in [0.2, 0.25) is 0 Å². The van der Waals surface area contributed by atoms with Crippen LogP contribution < -0.4 is 10.1 Å². The molecule has 0 bridgehead atoms. The van der Waals surface area contributed by atoms with Crippen LogP contribution in [0.25, 0.3) is 0 Å². The topological polar surface area (TPSA) is 78.9 Å². The number of rotatable bonds is 4. The van der Waals surface area contributed by atoms with Crippen LogP contribution in [0, 0.1) is 5.92 Å². The SMILES string of the molecule is COc1ccccc1C(=O)NCC1CCCN(C(=O)O)C1. The monoisotopic (exact) mass is 292 g/mol. The first-order valence-corrected chi connectivity index (χ1v) is 7.01. The molecular weight excluding hydrogens is 272 g/mol. The number of likely N-dealkylation sites (tertiary alicyclic amines) is 1. The van der Waals surface area contributed by atoms with Crippen molar-refractivity contribution in [1.82, 2.24) is 10.2 Å². The molecule has 1 aliphatic rings. The summed E-state index contributed by atoms with van der Waals surface area (Å²) in [6, 6.07) is 7.03. The number of methoxy groups -OCH3 is 1. The van der Waals surface area contributed by atoms with Crippen LogP contribution in [0.3, 0.4) is 0 Å². The molecular formula is C15H20N2O4. The largest absolute Gasteiger partial charge is 0.496 e. The summed E-state index contributed by atoms with van der Waals surface area (Å²) >= 11 is 0. The first kappa shape index (κ1) is 15.2. The lowest BCUT2D eigenvalue weighted by molar-refractivity contribution is 0.0926. The zero-order valence-corrected chi connectivity index (χ0v) is 12.0. The Hall–Kier alpha value is -2.24. The number of piperidine rings is 1. The molecule has 1 atom stereocenters. The van der Waals surface area contributed by atoms with Crippen LogP contribution in [0.2, 0.25) is 0 Å². The summed E-state index contributed by atoms with van der Waals surface area (Å²) in [5, 5.41) is 11.9. The van der Waals surface area contributed by atoms with E-state index >= 15 is 0 Å². The molecule has 1 unspecified atom stereocenters. The van der Waals surface area contributed by atoms with Crippen molar-refractivity contribution in [2.24, 2.45) is 5.92 Å². The minimum Gasteiger partial charge on any atom is -0.496 e. The lowest BCUT2D eigenvalue weighted by atomic mass is 9.98. The summed E-state index contributed by atoms with van der Waals surface area (Å²) in [6.45, 7) is 1.52. The molecule has 21 heavy (non-hydrogen) atoms. The number of carbonyl (C=O) groups is 2. The molecule has 1 aromatic carbocycles. The van der Waals surface area contributed by atoms with Gasteiger partial charge in [-0.2, -0.15) is 0 Å². The quantitative estimate of drug-likeness (QED) is 0.887. The van der Waals surface area contributed by atoms with Crippen molar-refractivity contribution >= 4 is 12.0 Å². The van der Waals surface area contributed by atoms with E-state index in [4.69, 9.17) is 9.84 Å². The van der Waals surface area contributed by atoms with E-state index in [9.17, 15) is 9.59 Å². The molecule has 0 radical (unpaired) electrons. The van der Waals surface area contributed by atoms with E-state index < -0.39 is 6.09 Å². The molecule has 1 aliphatic heterocycles. The van der Waals surface area contributed by atoms with Crippen LogP contribution in [0.15, 0.2) is 24.3 Å². The number of nitrogens with one attached hydrogen (secondary N) is 1. The Kier molecular flexibility index (Phi) is 5.03. The molecule has 0 saturated carbocycles. The van der Waals surface area contributed by atoms with Crippen LogP contribution in [-0.4, -0.2) is 48.8 Å². The Morgan fingerprint density at radius 1 is 1.43 bits per heavy atom. The highest BCUT2D eigenvalue weighted by Gasteiger charge is 2.23. The van der Waals surface area contributed by atoms with Crippen LogP contribution in [-0.2, 0) is 0 Å². The van der Waals surface area contributed by atoms with Crippen LogP contribution in [0.5, 0.6) is 5.75 Å². The van der Waals surface area contributed by atoms with Gasteiger partial charge in [-0.05, 0) is 30.9 Å². The smallest absolute Gasteiger partial charge is 0.407 e. The summed E-state index contributed by atoms with van der Waals surface area (Å²) in [4.78, 5) is 24.5. The van der Waals surface area contributed by atoms with Gasteiger partial charge in [0.05, 0.1) is 12.7 Å². The Labute approximate surface area is 123 Å². The van der Waals surface area contributed by atoms with Crippen molar-refractivity contribution < 1.29 is 19.4 Å². The average Bonchev–Trinajstić information content (AvgIpc) is 2.52. The van der Waals surface area contributed by atoms with Crippen LogP contribution in [0.1, 0.15) is 23.2 Å². The van der Waals surface area contributed by atoms with Gasteiger partial charge in [0.25, 0.3) is 5.91 Å². The Morgan fingerprint density at radius 3 is 2.90 bits per heavy atom. The number of carbonyl (C=O) groups excluding carboxylic acids is 1. The van der Waals surface area contributed by atoms with Gasteiger partial charge < -0.3 is 20.1 Å². The normalized spacial score (nSPS) is 18.1. The van der Waals surface area contributed by atoms with Crippen molar-refractivity contribution in [1.29, 1.82) is 0 Å². The molecule has 114 valence electrons. The second kappa shape index (κ2) is 6.97. The fourth-order valence-corrected chi connectivity index (χ4v) is 2.57. The molecule has 2 N–H and O–H groups in total. The predicted octanol–water partition coefficient (Wildman–Crippen LogP) is 1.81. The maximum absolute atomic E-state index is 12.2. The maximum Gasteiger partial charge on any atom is 0.407 e. The zero-order chi connectivity index (χ0) is 15.2. The van der Waals surface area contributed by atoms with E-state index in [1.165, 1.54) is 12.0 Å². The molecule has 6 heteroatoms. The molecule has 1 saturated heterocycles. The second-order valence-electron chi connectivity index (χ2n) is 5.15. The first-order chi connectivity index (χ1) is 10.1. The molecule has 2 rings (SSSR count). The molecule has 0 spiro atoms. The van der Waals surface area contributed by atoms with Gasteiger partial charge in [0.15, 0.2) is 0 Å². The maximum atomic E-state index is 12.2. The summed E-state index contributed by atoms with van der Waals surface area (Å²) in [7, 11) is 1.53. The van der Waals surface area contributed by atoms with Crippen molar-refractivity contribution in [3.8, 4) is 5.75 Å². The summed E-state index contributed by atoms with van der Waals surface area (Å²) in [6.07, 6.45) is 0.869. The molecule has 1 aromatic rings. The van der Waals surface area contributed by atoms with Gasteiger partial charge in [0.1, 0.15) is 5.75 Å². The summed E-state index contributed by atoms with van der Waals surface area (Å²) in [5.74, 6) is 0.499. The van der Waals surface area contributed by atoms with Gasteiger partial charge in [-0.1, -0.05) is 12.1 Å². The molecule has 0 aliphatic carbocycles. The predicted molar refractivity (Wildman–Crippen MR) is 77.6 cm³/mol. The first-order valence-electron chi connectivity index (χ1n) is 7.01. The molecule has 2 amide bonds. The number of hydrogen-bond donors (Lipinski definition) is 2. The van der Waals surface area contributed by atoms with Gasteiger partial charge in [0, 0.05) is 19.6 Å². The van der Waals surface area contributed by atoms with Gasteiger partial charge in [-0.15, -0.1) is 0 Å².